The van der Waals surface area contributed by atoms with Crippen molar-refractivity contribution >= 4 is 5.97 Å². The highest BCUT2D eigenvalue weighted by atomic mass is 16.4. The number of carboxylic acid groups (broad SMARTS) is 1. The highest BCUT2D eigenvalue weighted by Crippen LogP contribution is 2.15. The summed E-state index contributed by atoms with van der Waals surface area (Å²) in [4.78, 5) is 12.7. The molecule has 1 fully saturated rings. The number of aliphatic carboxylic acids is 1. The number of nitrogens with one attached hydrogen (secondary N) is 1. The molecule has 0 bridgehead atoms. The average Bonchev–Trinajstić information content (AvgIpc) is 2.64. The first-order valence-electron chi connectivity index (χ1n) is 5.98. The molecule has 5 nitrogen and oxygen atoms in total. The van der Waals surface area contributed by atoms with Gasteiger partial charge in [-0.25, -0.2) is 0 Å². The van der Waals surface area contributed by atoms with Crippen LogP contribution in [0.5, 0.6) is 0 Å². The molecule has 1 aliphatic rings. The van der Waals surface area contributed by atoms with Crippen LogP contribution >= 0.6 is 0 Å². The van der Waals surface area contributed by atoms with Crippen LogP contribution in [0.15, 0.2) is 0 Å². The average molecular weight is 230 g/mol. The molecule has 1 saturated heterocycles. The lowest BCUT2D eigenvalue weighted by molar-refractivity contribution is -0.139. The van der Waals surface area contributed by atoms with E-state index >= 15 is 0 Å². The topological polar surface area (TPSA) is 72.8 Å². The molecule has 16 heavy (non-hydrogen) atoms. The zero-order valence-corrected chi connectivity index (χ0v) is 9.85. The SMILES string of the molecule is CCN1CCCC1CNCC(O)CC(=O)O. The predicted octanol–water partition coefficient (Wildman–Crippen LogP) is -0.104. The molecule has 1 heterocycles. The molecule has 0 aromatic carbocycles. The van der Waals surface area contributed by atoms with Crippen molar-refractivity contribution in [2.24, 2.45) is 0 Å². The van der Waals surface area contributed by atoms with Crippen LogP contribution < -0.4 is 5.32 Å². The lowest BCUT2D eigenvalue weighted by Gasteiger charge is -2.23. The Morgan fingerprint density at radius 3 is 3.00 bits per heavy atom. The van der Waals surface area contributed by atoms with E-state index in [1.54, 1.807) is 0 Å². The van der Waals surface area contributed by atoms with Gasteiger partial charge in [-0.15, -0.1) is 0 Å². The smallest absolute Gasteiger partial charge is 0.306 e. The highest BCUT2D eigenvalue weighted by Gasteiger charge is 2.22. The minimum Gasteiger partial charge on any atom is -0.481 e. The van der Waals surface area contributed by atoms with Gasteiger partial charge in [0.2, 0.25) is 0 Å². The zero-order chi connectivity index (χ0) is 12.0. The van der Waals surface area contributed by atoms with Crippen LogP contribution in [-0.4, -0.2) is 59.4 Å². The van der Waals surface area contributed by atoms with Crippen molar-refractivity contribution in [2.45, 2.75) is 38.3 Å². The first-order valence-corrected chi connectivity index (χ1v) is 5.98. The highest BCUT2D eigenvalue weighted by molar-refractivity contribution is 5.67. The zero-order valence-electron chi connectivity index (χ0n) is 9.85. The van der Waals surface area contributed by atoms with E-state index < -0.39 is 12.1 Å². The molecule has 0 saturated carbocycles. The Hall–Kier alpha value is -0.650. The van der Waals surface area contributed by atoms with Gasteiger partial charge < -0.3 is 15.5 Å². The molecule has 0 aliphatic carbocycles. The van der Waals surface area contributed by atoms with Crippen LogP contribution in [0.3, 0.4) is 0 Å². The molecule has 0 aromatic rings. The van der Waals surface area contributed by atoms with E-state index in [1.165, 1.54) is 12.8 Å². The first kappa shape index (κ1) is 13.4. The van der Waals surface area contributed by atoms with E-state index in [-0.39, 0.29) is 6.42 Å². The van der Waals surface area contributed by atoms with Gasteiger partial charge in [0.1, 0.15) is 0 Å². The molecule has 0 radical (unpaired) electrons. The van der Waals surface area contributed by atoms with E-state index in [0.717, 1.165) is 19.6 Å². The normalized spacial score (nSPS) is 23.5. The molecular weight excluding hydrogens is 208 g/mol. The third-order valence-corrected chi connectivity index (χ3v) is 3.08. The first-order chi connectivity index (χ1) is 7.63. The number of likely N-dealkylation sites (tertiary alicyclic amines) is 1. The summed E-state index contributed by atoms with van der Waals surface area (Å²) in [5.41, 5.74) is 0. The van der Waals surface area contributed by atoms with Crippen molar-refractivity contribution in [3.63, 3.8) is 0 Å². The maximum Gasteiger partial charge on any atom is 0.306 e. The molecule has 5 heteroatoms. The largest absolute Gasteiger partial charge is 0.481 e. The predicted molar refractivity (Wildman–Crippen MR) is 61.4 cm³/mol. The summed E-state index contributed by atoms with van der Waals surface area (Å²) in [6.07, 6.45) is 1.46. The van der Waals surface area contributed by atoms with Gasteiger partial charge in [0.25, 0.3) is 0 Å². The third kappa shape index (κ3) is 4.47. The number of aliphatic hydroxyl groups is 1. The fourth-order valence-electron chi connectivity index (χ4n) is 2.23. The summed E-state index contributed by atoms with van der Waals surface area (Å²) in [5, 5.41) is 21.0. The summed E-state index contributed by atoms with van der Waals surface area (Å²) in [6, 6.07) is 0.544. The lowest BCUT2D eigenvalue weighted by atomic mass is 10.2. The van der Waals surface area contributed by atoms with Crippen LogP contribution in [0, 0.1) is 0 Å². The van der Waals surface area contributed by atoms with E-state index in [2.05, 4.69) is 17.1 Å². The van der Waals surface area contributed by atoms with Crippen molar-refractivity contribution in [3.05, 3.63) is 0 Å². The summed E-state index contributed by atoms with van der Waals surface area (Å²) in [6.45, 7) is 5.56. The number of likely N-dealkylation sites (N-methyl/N-ethyl adjacent to an activating group) is 1. The fraction of sp³-hybridized carbons (Fsp3) is 0.909. The van der Waals surface area contributed by atoms with E-state index in [9.17, 15) is 9.90 Å². The minimum absolute atomic E-state index is 0.185. The summed E-state index contributed by atoms with van der Waals surface area (Å²) >= 11 is 0. The molecule has 0 amide bonds. The molecule has 94 valence electrons. The Labute approximate surface area is 96.4 Å². The molecule has 2 unspecified atom stereocenters. The van der Waals surface area contributed by atoms with Gasteiger partial charge >= 0.3 is 5.97 Å². The van der Waals surface area contributed by atoms with Crippen LogP contribution in [-0.2, 0) is 4.79 Å². The van der Waals surface area contributed by atoms with E-state index in [4.69, 9.17) is 5.11 Å². The fourth-order valence-corrected chi connectivity index (χ4v) is 2.23. The second kappa shape index (κ2) is 6.83. The standard InChI is InChI=1S/C11H22N2O3/c1-2-13-5-3-4-9(13)7-12-8-10(14)6-11(15)16/h9-10,12,14H,2-8H2,1H3,(H,15,16). The number of aliphatic hydroxyl groups excluding tert-OH is 1. The third-order valence-electron chi connectivity index (χ3n) is 3.08. The maximum absolute atomic E-state index is 10.3. The summed E-state index contributed by atoms with van der Waals surface area (Å²) < 4.78 is 0. The number of rotatable bonds is 7. The number of carboxylic acids is 1. The quantitative estimate of drug-likeness (QED) is 0.569. The Bertz CT molecular complexity index is 223. The van der Waals surface area contributed by atoms with Crippen LogP contribution in [0.25, 0.3) is 0 Å². The molecular formula is C11H22N2O3. The maximum atomic E-state index is 10.3. The molecule has 1 aliphatic heterocycles. The van der Waals surface area contributed by atoms with Gasteiger partial charge in [-0.05, 0) is 25.9 Å². The molecule has 3 N–H and O–H groups in total. The summed E-state index contributed by atoms with van der Waals surface area (Å²) in [5.74, 6) is -0.953. The number of carbonyl (C=O) groups is 1. The molecule has 2 atom stereocenters. The van der Waals surface area contributed by atoms with Crippen LogP contribution in [0.2, 0.25) is 0 Å². The number of nitrogens with zero attached hydrogens (tertiary/aromatic N) is 1. The minimum atomic E-state index is -0.953. The van der Waals surface area contributed by atoms with Crippen molar-refractivity contribution in [2.75, 3.05) is 26.2 Å². The Morgan fingerprint density at radius 2 is 2.38 bits per heavy atom. The lowest BCUT2D eigenvalue weighted by Crippen LogP contribution is -2.40. The Morgan fingerprint density at radius 1 is 1.62 bits per heavy atom. The van der Waals surface area contributed by atoms with E-state index in [1.807, 2.05) is 0 Å². The van der Waals surface area contributed by atoms with Crippen molar-refractivity contribution in [3.8, 4) is 0 Å². The van der Waals surface area contributed by atoms with Crippen LogP contribution in [0.4, 0.5) is 0 Å². The monoisotopic (exact) mass is 230 g/mol. The van der Waals surface area contributed by atoms with Gasteiger partial charge in [0.05, 0.1) is 12.5 Å². The molecule has 0 aromatic heterocycles. The van der Waals surface area contributed by atoms with E-state index in [0.29, 0.717) is 12.6 Å². The number of hydrogen-bond acceptors (Lipinski definition) is 4. The van der Waals surface area contributed by atoms with Gasteiger partial charge in [-0.3, -0.25) is 9.69 Å². The second-order valence-electron chi connectivity index (χ2n) is 4.33. The van der Waals surface area contributed by atoms with Crippen molar-refractivity contribution in [1.29, 1.82) is 0 Å². The molecule has 1 rings (SSSR count). The molecule has 0 spiro atoms. The summed E-state index contributed by atoms with van der Waals surface area (Å²) in [7, 11) is 0. The van der Waals surface area contributed by atoms with Gasteiger partial charge in [-0.1, -0.05) is 6.92 Å². The second-order valence-corrected chi connectivity index (χ2v) is 4.33. The Kier molecular flexibility index (Phi) is 5.73. The van der Waals surface area contributed by atoms with Crippen molar-refractivity contribution < 1.29 is 15.0 Å². The van der Waals surface area contributed by atoms with Gasteiger partial charge in [0, 0.05) is 19.1 Å². The van der Waals surface area contributed by atoms with Gasteiger partial charge in [0.15, 0.2) is 0 Å². The van der Waals surface area contributed by atoms with Gasteiger partial charge in [-0.2, -0.15) is 0 Å². The Balaban J connectivity index is 2.12. The number of hydrogen-bond donors (Lipinski definition) is 3. The van der Waals surface area contributed by atoms with Crippen LogP contribution in [0.1, 0.15) is 26.2 Å². The van der Waals surface area contributed by atoms with Crippen molar-refractivity contribution in [1.82, 2.24) is 10.2 Å².